The van der Waals surface area contributed by atoms with Crippen LogP contribution in [0.1, 0.15) is 12.5 Å². The maximum atomic E-state index is 11.7. The summed E-state index contributed by atoms with van der Waals surface area (Å²) in [4.78, 5) is 42.6. The third-order valence-corrected chi connectivity index (χ3v) is 3.67. The van der Waals surface area contributed by atoms with Crippen LogP contribution in [-0.2, 0) is 11.3 Å². The smallest absolute Gasteiger partial charge is 0.325 e. The van der Waals surface area contributed by atoms with Gasteiger partial charge in [-0.25, -0.2) is 4.79 Å². The van der Waals surface area contributed by atoms with Crippen LogP contribution >= 0.6 is 0 Å². The van der Waals surface area contributed by atoms with Gasteiger partial charge in [-0.3, -0.25) is 19.5 Å². The van der Waals surface area contributed by atoms with Crippen LogP contribution in [0.3, 0.4) is 0 Å². The van der Waals surface area contributed by atoms with E-state index in [9.17, 15) is 19.5 Å². The Kier molecular flexibility index (Phi) is 4.92. The fourth-order valence-corrected chi connectivity index (χ4v) is 2.52. The van der Waals surface area contributed by atoms with Crippen LogP contribution in [0.25, 0.3) is 0 Å². The summed E-state index contributed by atoms with van der Waals surface area (Å²) in [6.07, 6.45) is 1.41. The van der Waals surface area contributed by atoms with E-state index >= 15 is 0 Å². The molecule has 8 heteroatoms. The van der Waals surface area contributed by atoms with Crippen molar-refractivity contribution in [2.45, 2.75) is 13.5 Å². The topological polar surface area (TPSA) is 110 Å². The molecule has 3 N–H and O–H groups in total. The molecule has 0 aromatic carbocycles. The summed E-state index contributed by atoms with van der Waals surface area (Å²) in [6.45, 7) is 4.16. The van der Waals surface area contributed by atoms with Gasteiger partial charge in [0, 0.05) is 63.9 Å². The predicted octanol–water partition coefficient (Wildman–Crippen LogP) is -1.66. The number of aromatic amines is 2. The lowest BCUT2D eigenvalue weighted by atomic mass is 10.1. The lowest BCUT2D eigenvalue weighted by Gasteiger charge is -2.22. The molecule has 1 aliphatic heterocycles. The summed E-state index contributed by atoms with van der Waals surface area (Å²) >= 11 is 0. The van der Waals surface area contributed by atoms with E-state index in [0.717, 1.165) is 0 Å². The Morgan fingerprint density at radius 2 is 2.14 bits per heavy atom. The van der Waals surface area contributed by atoms with Crippen molar-refractivity contribution in [1.29, 1.82) is 0 Å². The second-order valence-corrected chi connectivity index (χ2v) is 5.35. The predicted molar refractivity (Wildman–Crippen MR) is 75.8 cm³/mol. The van der Waals surface area contributed by atoms with Crippen LogP contribution in [-0.4, -0.2) is 63.6 Å². The molecule has 0 radical (unpaired) electrons. The summed E-state index contributed by atoms with van der Waals surface area (Å²) < 4.78 is 0. The number of aliphatic hydroxyl groups excluding tert-OH is 1. The van der Waals surface area contributed by atoms with Gasteiger partial charge < -0.3 is 15.0 Å². The van der Waals surface area contributed by atoms with Crippen molar-refractivity contribution in [1.82, 2.24) is 19.8 Å². The van der Waals surface area contributed by atoms with Crippen LogP contribution in [0.5, 0.6) is 0 Å². The Hall–Kier alpha value is -1.93. The average molecular weight is 296 g/mol. The highest BCUT2D eigenvalue weighted by Crippen LogP contribution is 2.11. The maximum Gasteiger partial charge on any atom is 0.325 e. The molecular weight excluding hydrogens is 276 g/mol. The summed E-state index contributed by atoms with van der Waals surface area (Å²) in [7, 11) is 0. The lowest BCUT2D eigenvalue weighted by molar-refractivity contribution is -0.129. The van der Waals surface area contributed by atoms with Gasteiger partial charge in [0.1, 0.15) is 0 Å². The lowest BCUT2D eigenvalue weighted by Crippen LogP contribution is -2.35. The highest BCUT2D eigenvalue weighted by molar-refractivity contribution is 5.73. The molecule has 1 atom stereocenters. The van der Waals surface area contributed by atoms with Gasteiger partial charge in [-0.05, 0) is 0 Å². The molecular formula is C13H20N4O4. The molecule has 0 saturated carbocycles. The van der Waals surface area contributed by atoms with Crippen molar-refractivity contribution in [3.05, 3.63) is 32.6 Å². The first-order chi connectivity index (χ1) is 9.99. The van der Waals surface area contributed by atoms with Crippen LogP contribution in [0.2, 0.25) is 0 Å². The quantitative estimate of drug-likeness (QED) is 0.618. The van der Waals surface area contributed by atoms with Crippen LogP contribution < -0.4 is 11.2 Å². The Labute approximate surface area is 121 Å². The number of aromatic nitrogens is 2. The Bertz CT molecular complexity index is 609. The number of carbonyl (C=O) groups excluding carboxylic acids is 1. The fourth-order valence-electron chi connectivity index (χ4n) is 2.52. The SMILES string of the molecule is CC(=O)N1CCN(Cc2c[nH]c(=O)[nH]c2=O)C[C@@H](CO)C1. The molecule has 1 aromatic heterocycles. The van der Waals surface area contributed by atoms with Crippen LogP contribution in [0, 0.1) is 5.92 Å². The van der Waals surface area contributed by atoms with Crippen molar-refractivity contribution in [3.8, 4) is 0 Å². The van der Waals surface area contributed by atoms with E-state index in [2.05, 4.69) is 9.97 Å². The number of nitrogens with zero attached hydrogens (tertiary/aromatic N) is 2. The van der Waals surface area contributed by atoms with Crippen LogP contribution in [0.15, 0.2) is 15.8 Å². The summed E-state index contributed by atoms with van der Waals surface area (Å²) in [5.41, 5.74) is -0.481. The first-order valence-electron chi connectivity index (χ1n) is 6.89. The number of amides is 1. The highest BCUT2D eigenvalue weighted by Gasteiger charge is 2.24. The molecule has 0 aliphatic carbocycles. The minimum Gasteiger partial charge on any atom is -0.396 e. The van der Waals surface area contributed by atoms with Gasteiger partial charge in [0.2, 0.25) is 5.91 Å². The van der Waals surface area contributed by atoms with Gasteiger partial charge in [-0.2, -0.15) is 0 Å². The zero-order chi connectivity index (χ0) is 15.4. The van der Waals surface area contributed by atoms with Gasteiger partial charge in [0.05, 0.1) is 0 Å². The molecule has 2 rings (SSSR count). The number of hydrogen-bond donors (Lipinski definition) is 3. The van der Waals surface area contributed by atoms with E-state index in [4.69, 9.17) is 0 Å². The number of H-pyrrole nitrogens is 2. The first kappa shape index (κ1) is 15.5. The minimum absolute atomic E-state index is 0.0116. The molecule has 2 heterocycles. The van der Waals surface area contributed by atoms with E-state index in [0.29, 0.717) is 38.3 Å². The molecule has 1 aromatic rings. The van der Waals surface area contributed by atoms with Crippen molar-refractivity contribution in [3.63, 3.8) is 0 Å². The summed E-state index contributed by atoms with van der Waals surface area (Å²) in [5, 5.41) is 9.41. The average Bonchev–Trinajstić information content (AvgIpc) is 2.64. The van der Waals surface area contributed by atoms with E-state index in [1.54, 1.807) is 4.90 Å². The van der Waals surface area contributed by atoms with Crippen LogP contribution in [0.4, 0.5) is 0 Å². The number of hydrogen-bond acceptors (Lipinski definition) is 5. The van der Waals surface area contributed by atoms with Gasteiger partial charge in [0.15, 0.2) is 0 Å². The number of rotatable bonds is 3. The Morgan fingerprint density at radius 1 is 1.38 bits per heavy atom. The van der Waals surface area contributed by atoms with Gasteiger partial charge in [-0.1, -0.05) is 0 Å². The minimum atomic E-state index is -0.532. The van der Waals surface area contributed by atoms with E-state index < -0.39 is 11.2 Å². The summed E-state index contributed by atoms with van der Waals surface area (Å²) in [6, 6.07) is 0. The van der Waals surface area contributed by atoms with Crippen molar-refractivity contribution < 1.29 is 9.90 Å². The molecule has 0 unspecified atom stereocenters. The molecule has 0 bridgehead atoms. The largest absolute Gasteiger partial charge is 0.396 e. The van der Waals surface area contributed by atoms with Crippen molar-refractivity contribution in [2.75, 3.05) is 32.8 Å². The number of carbonyl (C=O) groups is 1. The molecule has 1 amide bonds. The maximum absolute atomic E-state index is 11.7. The van der Waals surface area contributed by atoms with E-state index in [1.165, 1.54) is 13.1 Å². The van der Waals surface area contributed by atoms with Gasteiger partial charge in [-0.15, -0.1) is 0 Å². The van der Waals surface area contributed by atoms with Gasteiger partial charge >= 0.3 is 5.69 Å². The molecule has 21 heavy (non-hydrogen) atoms. The Morgan fingerprint density at radius 3 is 2.76 bits per heavy atom. The zero-order valence-corrected chi connectivity index (χ0v) is 12.0. The number of aliphatic hydroxyl groups is 1. The molecule has 116 valence electrons. The summed E-state index contributed by atoms with van der Waals surface area (Å²) in [5.74, 6) is -0.0598. The third kappa shape index (κ3) is 4.02. The highest BCUT2D eigenvalue weighted by atomic mass is 16.3. The molecule has 1 aliphatic rings. The van der Waals surface area contributed by atoms with E-state index in [1.807, 2.05) is 4.90 Å². The molecule has 1 saturated heterocycles. The number of nitrogens with one attached hydrogen (secondary N) is 2. The zero-order valence-electron chi connectivity index (χ0n) is 12.0. The second kappa shape index (κ2) is 6.68. The monoisotopic (exact) mass is 296 g/mol. The van der Waals surface area contributed by atoms with Crippen molar-refractivity contribution in [2.24, 2.45) is 5.92 Å². The second-order valence-electron chi connectivity index (χ2n) is 5.35. The van der Waals surface area contributed by atoms with Gasteiger partial charge in [0.25, 0.3) is 5.56 Å². The Balaban J connectivity index is 2.10. The van der Waals surface area contributed by atoms with E-state index in [-0.39, 0.29) is 18.4 Å². The standard InChI is InChI=1S/C13H20N4O4/c1-9(19)17-3-2-16(5-10(6-17)8-18)7-11-4-14-13(21)15-12(11)20/h4,10,18H,2-3,5-8H2,1H3,(H2,14,15,20,21)/t10-/m1/s1. The van der Waals surface area contributed by atoms with Crippen molar-refractivity contribution >= 4 is 5.91 Å². The molecule has 1 fully saturated rings. The molecule has 0 spiro atoms. The fraction of sp³-hybridized carbons (Fsp3) is 0.615. The first-order valence-corrected chi connectivity index (χ1v) is 6.89. The third-order valence-electron chi connectivity index (χ3n) is 3.67. The molecule has 8 nitrogen and oxygen atoms in total. The normalized spacial score (nSPS) is 20.3.